The molecule has 0 aromatic carbocycles. The van der Waals surface area contributed by atoms with Gasteiger partial charge in [0.2, 0.25) is 0 Å². The number of nitrogens with zero attached hydrogens (tertiary/aromatic N) is 2. The molecule has 2 saturated heterocycles. The van der Waals surface area contributed by atoms with Crippen molar-refractivity contribution in [3.63, 3.8) is 0 Å². The molecule has 4 nitrogen and oxygen atoms in total. The molecule has 21 heavy (non-hydrogen) atoms. The van der Waals surface area contributed by atoms with Gasteiger partial charge in [0, 0.05) is 26.2 Å². The average molecular weight is 296 g/mol. The first kappa shape index (κ1) is 15.7. The lowest BCUT2D eigenvalue weighted by molar-refractivity contribution is -0.0715. The van der Waals surface area contributed by atoms with E-state index in [1.165, 1.54) is 57.9 Å². The Morgan fingerprint density at radius 2 is 1.67 bits per heavy atom. The van der Waals surface area contributed by atoms with Crippen molar-refractivity contribution in [2.75, 3.05) is 45.9 Å². The van der Waals surface area contributed by atoms with E-state index in [9.17, 15) is 0 Å². The zero-order chi connectivity index (χ0) is 14.5. The molecule has 2 heterocycles. The Bertz CT molecular complexity index is 318. The number of hydrogen-bond acceptors (Lipinski definition) is 4. The zero-order valence-corrected chi connectivity index (χ0v) is 13.4. The molecule has 2 aliphatic heterocycles. The van der Waals surface area contributed by atoms with Crippen molar-refractivity contribution < 1.29 is 9.84 Å². The fraction of sp³-hybridized carbons (Fsp3) is 1.00. The molecule has 0 aromatic rings. The van der Waals surface area contributed by atoms with E-state index in [0.717, 1.165) is 32.7 Å². The van der Waals surface area contributed by atoms with Crippen molar-refractivity contribution in [3.8, 4) is 0 Å². The molecule has 3 fully saturated rings. The predicted molar refractivity (Wildman–Crippen MR) is 84.5 cm³/mol. The second-order valence-corrected chi connectivity index (χ2v) is 7.24. The lowest BCUT2D eigenvalue weighted by atomic mass is 9.83. The van der Waals surface area contributed by atoms with Crippen molar-refractivity contribution in [1.82, 2.24) is 9.80 Å². The first-order valence-corrected chi connectivity index (χ1v) is 9.03. The quantitative estimate of drug-likeness (QED) is 0.859. The topological polar surface area (TPSA) is 35.9 Å². The molecular weight excluding hydrogens is 264 g/mol. The van der Waals surface area contributed by atoms with Crippen molar-refractivity contribution in [2.45, 2.75) is 63.1 Å². The first-order valence-electron chi connectivity index (χ1n) is 9.03. The van der Waals surface area contributed by atoms with Crippen molar-refractivity contribution in [1.29, 1.82) is 0 Å². The SMILES string of the molecule is OCCN1CCCN(CC2CCC3(CCCCC3)O2)CC1. The predicted octanol–water partition coefficient (Wildman–Crippen LogP) is 1.87. The third-order valence-electron chi connectivity index (χ3n) is 5.66. The van der Waals surface area contributed by atoms with E-state index >= 15 is 0 Å². The van der Waals surface area contributed by atoms with Crippen LogP contribution in [-0.2, 0) is 4.74 Å². The molecule has 0 amide bonds. The molecule has 1 atom stereocenters. The van der Waals surface area contributed by atoms with Gasteiger partial charge in [-0.3, -0.25) is 9.80 Å². The maximum atomic E-state index is 9.07. The molecule has 4 heteroatoms. The van der Waals surface area contributed by atoms with Crippen LogP contribution in [-0.4, -0.2) is 72.5 Å². The second kappa shape index (κ2) is 7.40. The number of aliphatic hydroxyl groups is 1. The highest BCUT2D eigenvalue weighted by atomic mass is 16.5. The third kappa shape index (κ3) is 4.19. The molecule has 0 bridgehead atoms. The van der Waals surface area contributed by atoms with Gasteiger partial charge in [-0.05, 0) is 45.2 Å². The van der Waals surface area contributed by atoms with Crippen LogP contribution in [0.1, 0.15) is 51.4 Å². The Morgan fingerprint density at radius 1 is 0.905 bits per heavy atom. The minimum atomic E-state index is 0.262. The van der Waals surface area contributed by atoms with Gasteiger partial charge in [0.25, 0.3) is 0 Å². The highest BCUT2D eigenvalue weighted by molar-refractivity contribution is 4.92. The van der Waals surface area contributed by atoms with Gasteiger partial charge in [-0.1, -0.05) is 19.3 Å². The highest BCUT2D eigenvalue weighted by Gasteiger charge is 2.41. The normalized spacial score (nSPS) is 31.6. The molecule has 3 aliphatic rings. The largest absolute Gasteiger partial charge is 0.395 e. The van der Waals surface area contributed by atoms with Crippen LogP contribution in [0.3, 0.4) is 0 Å². The van der Waals surface area contributed by atoms with Gasteiger partial charge in [0.05, 0.1) is 18.3 Å². The minimum Gasteiger partial charge on any atom is -0.395 e. The van der Waals surface area contributed by atoms with Gasteiger partial charge in [0.15, 0.2) is 0 Å². The molecule has 0 radical (unpaired) electrons. The van der Waals surface area contributed by atoms with Gasteiger partial charge in [-0.25, -0.2) is 0 Å². The Balaban J connectivity index is 1.44. The minimum absolute atomic E-state index is 0.262. The van der Waals surface area contributed by atoms with Crippen LogP contribution in [0.2, 0.25) is 0 Å². The first-order chi connectivity index (χ1) is 10.3. The summed E-state index contributed by atoms with van der Waals surface area (Å²) >= 11 is 0. The number of rotatable bonds is 4. The highest BCUT2D eigenvalue weighted by Crippen LogP contribution is 2.42. The molecule has 122 valence electrons. The summed E-state index contributed by atoms with van der Waals surface area (Å²) in [6.07, 6.45) is 11.0. The number of hydrogen-bond donors (Lipinski definition) is 1. The Hall–Kier alpha value is -0.160. The number of aliphatic hydroxyl groups excluding tert-OH is 1. The molecular formula is C17H32N2O2. The molecule has 1 spiro atoms. The smallest absolute Gasteiger partial charge is 0.0710 e. The van der Waals surface area contributed by atoms with Gasteiger partial charge in [0.1, 0.15) is 0 Å². The molecule has 1 unspecified atom stereocenters. The van der Waals surface area contributed by atoms with Crippen molar-refractivity contribution >= 4 is 0 Å². The Labute approximate surface area is 129 Å². The summed E-state index contributed by atoms with van der Waals surface area (Å²) in [7, 11) is 0. The fourth-order valence-electron chi connectivity index (χ4n) is 4.45. The van der Waals surface area contributed by atoms with Crippen LogP contribution in [0.4, 0.5) is 0 Å². The van der Waals surface area contributed by atoms with E-state index in [1.807, 2.05) is 0 Å². The summed E-state index contributed by atoms with van der Waals surface area (Å²) in [4.78, 5) is 4.97. The van der Waals surface area contributed by atoms with Gasteiger partial charge in [-0.2, -0.15) is 0 Å². The van der Waals surface area contributed by atoms with E-state index in [2.05, 4.69) is 9.80 Å². The molecule has 0 aromatic heterocycles. The van der Waals surface area contributed by atoms with Gasteiger partial charge < -0.3 is 9.84 Å². The molecule has 1 N–H and O–H groups in total. The van der Waals surface area contributed by atoms with Gasteiger partial charge in [-0.15, -0.1) is 0 Å². The maximum absolute atomic E-state index is 9.07. The maximum Gasteiger partial charge on any atom is 0.0710 e. The van der Waals surface area contributed by atoms with E-state index in [1.54, 1.807) is 0 Å². The molecule has 1 aliphatic carbocycles. The van der Waals surface area contributed by atoms with Crippen LogP contribution in [0.25, 0.3) is 0 Å². The van der Waals surface area contributed by atoms with E-state index in [4.69, 9.17) is 9.84 Å². The monoisotopic (exact) mass is 296 g/mol. The van der Waals surface area contributed by atoms with Crippen LogP contribution >= 0.6 is 0 Å². The summed E-state index contributed by atoms with van der Waals surface area (Å²) in [6, 6.07) is 0. The summed E-state index contributed by atoms with van der Waals surface area (Å²) in [5.41, 5.74) is 0.262. The van der Waals surface area contributed by atoms with Crippen LogP contribution < -0.4 is 0 Å². The second-order valence-electron chi connectivity index (χ2n) is 7.24. The van der Waals surface area contributed by atoms with Crippen LogP contribution in [0.5, 0.6) is 0 Å². The van der Waals surface area contributed by atoms with E-state index in [-0.39, 0.29) is 12.2 Å². The van der Waals surface area contributed by atoms with Crippen molar-refractivity contribution in [3.05, 3.63) is 0 Å². The lowest BCUT2D eigenvalue weighted by Gasteiger charge is -2.34. The Kier molecular flexibility index (Phi) is 5.54. The third-order valence-corrected chi connectivity index (χ3v) is 5.66. The molecule has 1 saturated carbocycles. The van der Waals surface area contributed by atoms with Gasteiger partial charge >= 0.3 is 0 Å². The average Bonchev–Trinajstić information content (AvgIpc) is 2.73. The van der Waals surface area contributed by atoms with Crippen molar-refractivity contribution in [2.24, 2.45) is 0 Å². The van der Waals surface area contributed by atoms with Crippen LogP contribution in [0.15, 0.2) is 0 Å². The fourth-order valence-corrected chi connectivity index (χ4v) is 4.45. The summed E-state index contributed by atoms with van der Waals surface area (Å²) in [5.74, 6) is 0. The van der Waals surface area contributed by atoms with E-state index < -0.39 is 0 Å². The van der Waals surface area contributed by atoms with E-state index in [0.29, 0.717) is 6.10 Å². The standard InChI is InChI=1S/C17H32N2O2/c20-14-13-18-9-4-10-19(12-11-18)15-16-5-8-17(21-16)6-2-1-3-7-17/h16,20H,1-15H2. The molecule has 3 rings (SSSR count). The number of ether oxygens (including phenoxy) is 1. The summed E-state index contributed by atoms with van der Waals surface area (Å²) in [5, 5.41) is 9.07. The zero-order valence-electron chi connectivity index (χ0n) is 13.4. The summed E-state index contributed by atoms with van der Waals surface area (Å²) < 4.78 is 6.51. The summed E-state index contributed by atoms with van der Waals surface area (Å²) in [6.45, 7) is 6.78. The Morgan fingerprint density at radius 3 is 2.48 bits per heavy atom. The van der Waals surface area contributed by atoms with Crippen LogP contribution in [0, 0.1) is 0 Å². The number of β-amino-alcohol motifs (C(OH)–C–C–N with tert-alkyl or cyclic N) is 1. The lowest BCUT2D eigenvalue weighted by Crippen LogP contribution is -2.38.